The van der Waals surface area contributed by atoms with Gasteiger partial charge in [0, 0.05) is 6.20 Å². The highest BCUT2D eigenvalue weighted by Gasteiger charge is 2.06. The number of aromatic nitrogens is 3. The number of nitriles is 1. The number of rotatable bonds is 2. The summed E-state index contributed by atoms with van der Waals surface area (Å²) in [5, 5.41) is 17.9. The van der Waals surface area contributed by atoms with E-state index in [2.05, 4.69) is 15.4 Å². The Hall–Kier alpha value is -1.41. The monoisotopic (exact) mass is 137 g/mol. The van der Waals surface area contributed by atoms with E-state index in [1.165, 1.54) is 0 Å². The van der Waals surface area contributed by atoms with E-state index in [0.717, 1.165) is 0 Å². The molecule has 0 spiro atoms. The predicted octanol–water partition coefficient (Wildman–Crippen LogP) is -0.282. The van der Waals surface area contributed by atoms with Gasteiger partial charge in [0.15, 0.2) is 0 Å². The molecule has 1 rings (SSSR count). The van der Waals surface area contributed by atoms with Crippen LogP contribution in [0.3, 0.4) is 0 Å². The van der Waals surface area contributed by atoms with Gasteiger partial charge in [-0.15, -0.1) is 5.10 Å². The average Bonchev–Trinajstić information content (AvgIpc) is 2.38. The van der Waals surface area contributed by atoms with Gasteiger partial charge in [0.2, 0.25) is 0 Å². The lowest BCUT2D eigenvalue weighted by molar-refractivity contribution is 0.713. The van der Waals surface area contributed by atoms with Crippen molar-refractivity contribution in [2.24, 2.45) is 5.73 Å². The Morgan fingerprint density at radius 1 is 1.90 bits per heavy atom. The highest BCUT2D eigenvalue weighted by Crippen LogP contribution is 2.06. The largest absolute Gasteiger partial charge is 0.322 e. The molecule has 5 heteroatoms. The van der Waals surface area contributed by atoms with Crippen LogP contribution in [-0.2, 0) is 0 Å². The minimum Gasteiger partial charge on any atom is -0.322 e. The second-order valence-corrected chi connectivity index (χ2v) is 1.87. The third-order valence-corrected chi connectivity index (χ3v) is 1.13. The van der Waals surface area contributed by atoms with Crippen LogP contribution in [0.1, 0.15) is 18.2 Å². The molecular weight excluding hydrogens is 130 g/mol. The summed E-state index contributed by atoms with van der Waals surface area (Å²) in [5.74, 6) is 0. The minimum absolute atomic E-state index is 0.270. The average molecular weight is 137 g/mol. The predicted molar refractivity (Wildman–Crippen MR) is 33.5 cm³/mol. The summed E-state index contributed by atoms with van der Waals surface area (Å²) >= 11 is 0. The van der Waals surface area contributed by atoms with Crippen molar-refractivity contribution in [3.05, 3.63) is 11.9 Å². The highest BCUT2D eigenvalue weighted by molar-refractivity contribution is 5.00. The van der Waals surface area contributed by atoms with Gasteiger partial charge in [0.25, 0.3) is 0 Å². The SMILES string of the molecule is N#CCC(N)c1c[nH]nn1. The molecule has 0 radical (unpaired) electrons. The number of hydrogen-bond donors (Lipinski definition) is 2. The van der Waals surface area contributed by atoms with E-state index >= 15 is 0 Å². The molecule has 0 bridgehead atoms. The molecule has 0 saturated carbocycles. The van der Waals surface area contributed by atoms with Gasteiger partial charge < -0.3 is 5.73 Å². The van der Waals surface area contributed by atoms with Crippen LogP contribution in [0.4, 0.5) is 0 Å². The van der Waals surface area contributed by atoms with Crippen LogP contribution in [0.5, 0.6) is 0 Å². The summed E-state index contributed by atoms with van der Waals surface area (Å²) in [6.07, 6.45) is 1.86. The topological polar surface area (TPSA) is 91.4 Å². The quantitative estimate of drug-likeness (QED) is 0.586. The molecule has 1 aromatic rings. The first kappa shape index (κ1) is 6.71. The van der Waals surface area contributed by atoms with Gasteiger partial charge in [0.1, 0.15) is 5.69 Å². The zero-order valence-corrected chi connectivity index (χ0v) is 5.28. The third-order valence-electron chi connectivity index (χ3n) is 1.13. The maximum absolute atomic E-state index is 8.25. The van der Waals surface area contributed by atoms with Crippen LogP contribution >= 0.6 is 0 Å². The maximum atomic E-state index is 8.25. The van der Waals surface area contributed by atoms with E-state index in [4.69, 9.17) is 11.0 Å². The first-order valence-corrected chi connectivity index (χ1v) is 2.83. The minimum atomic E-state index is -0.316. The Morgan fingerprint density at radius 2 is 2.70 bits per heavy atom. The summed E-state index contributed by atoms with van der Waals surface area (Å²) in [7, 11) is 0. The molecule has 1 aromatic heterocycles. The molecule has 1 unspecified atom stereocenters. The number of nitrogens with one attached hydrogen (secondary N) is 1. The number of nitrogens with two attached hydrogens (primary N) is 1. The van der Waals surface area contributed by atoms with E-state index in [1.54, 1.807) is 6.20 Å². The van der Waals surface area contributed by atoms with Crippen LogP contribution < -0.4 is 5.73 Å². The fourth-order valence-electron chi connectivity index (χ4n) is 0.595. The molecule has 3 N–H and O–H groups in total. The smallest absolute Gasteiger partial charge is 0.100 e. The lowest BCUT2D eigenvalue weighted by Gasteiger charge is -1.98. The summed E-state index contributed by atoms with van der Waals surface area (Å²) in [5.41, 5.74) is 6.13. The molecule has 0 saturated heterocycles. The van der Waals surface area contributed by atoms with Gasteiger partial charge in [-0.25, -0.2) is 0 Å². The number of aromatic amines is 1. The molecule has 5 nitrogen and oxygen atoms in total. The van der Waals surface area contributed by atoms with Gasteiger partial charge in [-0.1, -0.05) is 5.21 Å². The fourth-order valence-corrected chi connectivity index (χ4v) is 0.595. The van der Waals surface area contributed by atoms with E-state index in [9.17, 15) is 0 Å². The van der Waals surface area contributed by atoms with Gasteiger partial charge in [-0.3, -0.25) is 5.10 Å². The molecule has 0 aliphatic heterocycles. The standard InChI is InChI=1S/C5H7N5/c6-2-1-4(7)5-3-8-10-9-5/h3-4H,1,7H2,(H,8,9,10). The van der Waals surface area contributed by atoms with Crippen molar-refractivity contribution < 1.29 is 0 Å². The Bertz CT molecular complexity index is 221. The Labute approximate surface area is 57.8 Å². The van der Waals surface area contributed by atoms with Crippen LogP contribution in [-0.4, -0.2) is 15.4 Å². The van der Waals surface area contributed by atoms with E-state index in [-0.39, 0.29) is 12.5 Å². The Morgan fingerprint density at radius 3 is 3.20 bits per heavy atom. The van der Waals surface area contributed by atoms with Crippen molar-refractivity contribution in [3.63, 3.8) is 0 Å². The Kier molecular flexibility index (Phi) is 1.97. The number of hydrogen-bond acceptors (Lipinski definition) is 4. The van der Waals surface area contributed by atoms with Gasteiger partial charge in [-0.2, -0.15) is 5.26 Å². The fraction of sp³-hybridized carbons (Fsp3) is 0.400. The van der Waals surface area contributed by atoms with Crippen LogP contribution in [0.15, 0.2) is 6.20 Å². The molecule has 10 heavy (non-hydrogen) atoms. The normalized spacial score (nSPS) is 12.4. The van der Waals surface area contributed by atoms with Gasteiger partial charge in [-0.05, 0) is 0 Å². The van der Waals surface area contributed by atoms with E-state index in [1.807, 2.05) is 6.07 Å². The second-order valence-electron chi connectivity index (χ2n) is 1.87. The van der Waals surface area contributed by atoms with E-state index < -0.39 is 0 Å². The van der Waals surface area contributed by atoms with Crippen LogP contribution in [0.25, 0.3) is 0 Å². The number of nitrogens with zero attached hydrogens (tertiary/aromatic N) is 3. The van der Waals surface area contributed by atoms with E-state index in [0.29, 0.717) is 5.69 Å². The molecule has 0 aliphatic rings. The van der Waals surface area contributed by atoms with Crippen molar-refractivity contribution >= 4 is 0 Å². The zero-order valence-electron chi connectivity index (χ0n) is 5.28. The van der Waals surface area contributed by atoms with Crippen molar-refractivity contribution in [3.8, 4) is 6.07 Å². The van der Waals surface area contributed by atoms with Crippen molar-refractivity contribution in [2.45, 2.75) is 12.5 Å². The maximum Gasteiger partial charge on any atom is 0.100 e. The van der Waals surface area contributed by atoms with Crippen LogP contribution in [0, 0.1) is 11.3 Å². The zero-order chi connectivity index (χ0) is 7.40. The van der Waals surface area contributed by atoms with Crippen LogP contribution in [0.2, 0.25) is 0 Å². The molecule has 52 valence electrons. The first-order valence-electron chi connectivity index (χ1n) is 2.83. The Balaban J connectivity index is 2.61. The third kappa shape index (κ3) is 1.30. The molecule has 0 fully saturated rings. The lowest BCUT2D eigenvalue weighted by atomic mass is 10.2. The summed E-state index contributed by atoms with van der Waals surface area (Å²) in [6.45, 7) is 0. The molecule has 0 amide bonds. The first-order chi connectivity index (χ1) is 4.84. The van der Waals surface area contributed by atoms with Crippen molar-refractivity contribution in [2.75, 3.05) is 0 Å². The molecule has 0 aliphatic carbocycles. The second kappa shape index (κ2) is 2.94. The summed E-state index contributed by atoms with van der Waals surface area (Å²) < 4.78 is 0. The molecule has 1 heterocycles. The van der Waals surface area contributed by atoms with Gasteiger partial charge >= 0.3 is 0 Å². The summed E-state index contributed by atoms with van der Waals surface area (Å²) in [6, 6.07) is 1.63. The van der Waals surface area contributed by atoms with Crippen molar-refractivity contribution in [1.29, 1.82) is 5.26 Å². The molecule has 0 aromatic carbocycles. The summed E-state index contributed by atoms with van der Waals surface area (Å²) in [4.78, 5) is 0. The highest BCUT2D eigenvalue weighted by atomic mass is 15.3. The van der Waals surface area contributed by atoms with Crippen molar-refractivity contribution in [1.82, 2.24) is 15.4 Å². The molecular formula is C5H7N5. The van der Waals surface area contributed by atoms with Gasteiger partial charge in [0.05, 0.1) is 18.5 Å². The number of H-pyrrole nitrogens is 1. The molecule has 1 atom stereocenters. The lowest BCUT2D eigenvalue weighted by Crippen LogP contribution is -2.09.